The average molecular weight is 295 g/mol. The Kier molecular flexibility index (Phi) is 5.30. The monoisotopic (exact) mass is 294 g/mol. The SMILES string of the molecule is CCCOc1ccc(CCl)c(OCc2ccn(C)n2)c1. The minimum Gasteiger partial charge on any atom is -0.493 e. The first-order chi connectivity index (χ1) is 9.72. The summed E-state index contributed by atoms with van der Waals surface area (Å²) < 4.78 is 13.2. The third-order valence-electron chi connectivity index (χ3n) is 2.80. The second kappa shape index (κ2) is 7.20. The summed E-state index contributed by atoms with van der Waals surface area (Å²) in [6, 6.07) is 7.67. The number of alkyl halides is 1. The van der Waals surface area contributed by atoms with E-state index in [2.05, 4.69) is 12.0 Å². The molecule has 0 saturated carbocycles. The molecule has 0 N–H and O–H groups in total. The van der Waals surface area contributed by atoms with Crippen LogP contribution in [0, 0.1) is 0 Å². The van der Waals surface area contributed by atoms with Crippen molar-refractivity contribution in [3.8, 4) is 11.5 Å². The van der Waals surface area contributed by atoms with E-state index < -0.39 is 0 Å². The molecule has 0 fully saturated rings. The van der Waals surface area contributed by atoms with Crippen LogP contribution in [0.4, 0.5) is 0 Å². The molecule has 4 nitrogen and oxygen atoms in total. The molecule has 108 valence electrons. The van der Waals surface area contributed by atoms with Crippen LogP contribution in [0.25, 0.3) is 0 Å². The first-order valence-electron chi connectivity index (χ1n) is 6.66. The third-order valence-corrected chi connectivity index (χ3v) is 3.09. The predicted octanol–water partition coefficient (Wildman–Crippen LogP) is 3.53. The molecule has 20 heavy (non-hydrogen) atoms. The second-order valence-electron chi connectivity index (χ2n) is 4.52. The van der Waals surface area contributed by atoms with Gasteiger partial charge in [-0.05, 0) is 18.6 Å². The average Bonchev–Trinajstić information content (AvgIpc) is 2.88. The lowest BCUT2D eigenvalue weighted by atomic mass is 10.2. The van der Waals surface area contributed by atoms with Crippen LogP contribution in [0.15, 0.2) is 30.5 Å². The van der Waals surface area contributed by atoms with Crippen molar-refractivity contribution in [3.05, 3.63) is 41.7 Å². The number of ether oxygens (including phenoxy) is 2. The molecule has 1 heterocycles. The maximum atomic E-state index is 5.93. The molecule has 1 aromatic carbocycles. The summed E-state index contributed by atoms with van der Waals surface area (Å²) in [7, 11) is 1.88. The van der Waals surface area contributed by atoms with E-state index in [0.29, 0.717) is 19.1 Å². The molecule has 5 heteroatoms. The van der Waals surface area contributed by atoms with Crippen LogP contribution in [0.5, 0.6) is 11.5 Å². The zero-order valence-electron chi connectivity index (χ0n) is 11.8. The molecule has 0 spiro atoms. The Labute approximate surface area is 124 Å². The molecule has 2 aromatic rings. The highest BCUT2D eigenvalue weighted by Crippen LogP contribution is 2.27. The molecular weight excluding hydrogens is 276 g/mol. The van der Waals surface area contributed by atoms with Gasteiger partial charge in [-0.3, -0.25) is 4.68 Å². The molecule has 0 radical (unpaired) electrons. The van der Waals surface area contributed by atoms with Crippen LogP contribution in [0.1, 0.15) is 24.6 Å². The summed E-state index contributed by atoms with van der Waals surface area (Å²) in [5.41, 5.74) is 1.83. The number of hydrogen-bond donors (Lipinski definition) is 0. The number of hydrogen-bond acceptors (Lipinski definition) is 3. The minimum atomic E-state index is 0.408. The van der Waals surface area contributed by atoms with E-state index in [1.54, 1.807) is 4.68 Å². The summed E-state index contributed by atoms with van der Waals surface area (Å²) in [5.74, 6) is 1.96. The molecule has 0 saturated heterocycles. The molecule has 0 aliphatic carbocycles. The number of benzene rings is 1. The third kappa shape index (κ3) is 3.90. The summed E-state index contributed by atoms with van der Waals surface area (Å²) in [6.07, 6.45) is 2.86. The van der Waals surface area contributed by atoms with Gasteiger partial charge in [0.15, 0.2) is 0 Å². The molecular formula is C15H19ClN2O2. The highest BCUT2D eigenvalue weighted by molar-refractivity contribution is 6.17. The van der Waals surface area contributed by atoms with Crippen LogP contribution >= 0.6 is 11.6 Å². The zero-order chi connectivity index (χ0) is 14.4. The van der Waals surface area contributed by atoms with Crippen molar-refractivity contribution in [2.24, 2.45) is 7.05 Å². The lowest BCUT2D eigenvalue weighted by Gasteiger charge is -2.11. The summed E-state index contributed by atoms with van der Waals surface area (Å²) >= 11 is 5.93. The van der Waals surface area contributed by atoms with E-state index in [1.807, 2.05) is 37.5 Å². The zero-order valence-corrected chi connectivity index (χ0v) is 12.6. The van der Waals surface area contributed by atoms with Crippen LogP contribution in [0.2, 0.25) is 0 Å². The first-order valence-corrected chi connectivity index (χ1v) is 7.19. The Morgan fingerprint density at radius 2 is 2.10 bits per heavy atom. The van der Waals surface area contributed by atoms with Crippen molar-refractivity contribution in [2.45, 2.75) is 25.8 Å². The molecule has 1 aromatic heterocycles. The van der Waals surface area contributed by atoms with Gasteiger partial charge in [-0.25, -0.2) is 0 Å². The van der Waals surface area contributed by atoms with E-state index in [0.717, 1.165) is 29.2 Å². The van der Waals surface area contributed by atoms with E-state index >= 15 is 0 Å². The van der Waals surface area contributed by atoms with E-state index in [4.69, 9.17) is 21.1 Å². The van der Waals surface area contributed by atoms with Gasteiger partial charge in [0.25, 0.3) is 0 Å². The fourth-order valence-corrected chi connectivity index (χ4v) is 2.00. The van der Waals surface area contributed by atoms with Crippen molar-refractivity contribution in [3.63, 3.8) is 0 Å². The Balaban J connectivity index is 2.07. The van der Waals surface area contributed by atoms with Crippen molar-refractivity contribution in [1.82, 2.24) is 9.78 Å². The summed E-state index contributed by atoms with van der Waals surface area (Å²) in [5, 5.41) is 4.28. The van der Waals surface area contributed by atoms with Crippen molar-refractivity contribution < 1.29 is 9.47 Å². The number of aromatic nitrogens is 2. The van der Waals surface area contributed by atoms with Gasteiger partial charge in [0, 0.05) is 24.9 Å². The highest BCUT2D eigenvalue weighted by atomic mass is 35.5. The van der Waals surface area contributed by atoms with Crippen LogP contribution in [0.3, 0.4) is 0 Å². The molecule has 0 bridgehead atoms. The van der Waals surface area contributed by atoms with Crippen molar-refractivity contribution >= 4 is 11.6 Å². The summed E-state index contributed by atoms with van der Waals surface area (Å²) in [4.78, 5) is 0. The quantitative estimate of drug-likeness (QED) is 0.733. The first kappa shape index (κ1) is 14.7. The Morgan fingerprint density at radius 1 is 1.25 bits per heavy atom. The normalized spacial score (nSPS) is 10.6. The van der Waals surface area contributed by atoms with Crippen LogP contribution in [-0.2, 0) is 19.5 Å². The van der Waals surface area contributed by atoms with E-state index in [1.165, 1.54) is 0 Å². The van der Waals surface area contributed by atoms with Gasteiger partial charge in [0.2, 0.25) is 0 Å². The van der Waals surface area contributed by atoms with Gasteiger partial charge >= 0.3 is 0 Å². The van der Waals surface area contributed by atoms with E-state index in [9.17, 15) is 0 Å². The van der Waals surface area contributed by atoms with Crippen molar-refractivity contribution in [1.29, 1.82) is 0 Å². The van der Waals surface area contributed by atoms with Gasteiger partial charge in [0.1, 0.15) is 18.1 Å². The Bertz CT molecular complexity index is 555. The Hall–Kier alpha value is -1.68. The van der Waals surface area contributed by atoms with Gasteiger partial charge in [0.05, 0.1) is 18.2 Å². The standard InChI is InChI=1S/C15H19ClN2O2/c1-3-8-19-14-5-4-12(10-16)15(9-14)20-11-13-6-7-18(2)17-13/h4-7,9H,3,8,10-11H2,1-2H3. The predicted molar refractivity (Wildman–Crippen MR) is 79.3 cm³/mol. The maximum Gasteiger partial charge on any atom is 0.132 e. The van der Waals surface area contributed by atoms with Gasteiger partial charge in [-0.2, -0.15) is 5.10 Å². The van der Waals surface area contributed by atoms with Crippen LogP contribution in [-0.4, -0.2) is 16.4 Å². The molecule has 2 rings (SSSR count). The second-order valence-corrected chi connectivity index (χ2v) is 4.79. The highest BCUT2D eigenvalue weighted by Gasteiger charge is 2.07. The van der Waals surface area contributed by atoms with Crippen LogP contribution < -0.4 is 9.47 Å². The van der Waals surface area contributed by atoms with Crippen molar-refractivity contribution in [2.75, 3.05) is 6.61 Å². The largest absolute Gasteiger partial charge is 0.493 e. The number of aryl methyl sites for hydroxylation is 1. The topological polar surface area (TPSA) is 36.3 Å². The molecule has 0 aliphatic rings. The molecule has 0 aliphatic heterocycles. The number of halogens is 1. The molecule has 0 atom stereocenters. The number of nitrogens with zero attached hydrogens (tertiary/aromatic N) is 2. The lowest BCUT2D eigenvalue weighted by molar-refractivity contribution is 0.289. The summed E-state index contributed by atoms with van der Waals surface area (Å²) in [6.45, 7) is 3.19. The number of rotatable bonds is 7. The molecule has 0 unspecified atom stereocenters. The molecule has 0 amide bonds. The fraction of sp³-hybridized carbons (Fsp3) is 0.400. The van der Waals surface area contributed by atoms with Gasteiger partial charge < -0.3 is 9.47 Å². The van der Waals surface area contributed by atoms with Gasteiger partial charge in [-0.15, -0.1) is 11.6 Å². The fourth-order valence-electron chi connectivity index (χ4n) is 1.78. The smallest absolute Gasteiger partial charge is 0.132 e. The van der Waals surface area contributed by atoms with E-state index in [-0.39, 0.29) is 0 Å². The lowest BCUT2D eigenvalue weighted by Crippen LogP contribution is -2.01. The maximum absolute atomic E-state index is 5.93. The van der Waals surface area contributed by atoms with Gasteiger partial charge in [-0.1, -0.05) is 13.0 Å². The Morgan fingerprint density at radius 3 is 2.75 bits per heavy atom. The minimum absolute atomic E-state index is 0.408.